The number of para-hydroxylation sites is 1. The number of methoxy groups -OCH3 is 1. The summed E-state index contributed by atoms with van der Waals surface area (Å²) in [7, 11) is 8.41. The van der Waals surface area contributed by atoms with Gasteiger partial charge in [-0.1, -0.05) is 74.7 Å². The highest BCUT2D eigenvalue weighted by Gasteiger charge is 2.20. The number of nitrogens with one attached hydrogen (secondary N) is 1. The standard InChI is InChI=1S/C19H18ClN3O4.C18H25N5O5/c1-25-19(24)23(26-2)17-6-4-3-5-14(17)13-27-18-11-12-22(21-18)16-9-7-15(20)8-10-16;1-12(20-25-4)16(22-26-5)13(2)21-28-11-14-9-7-8-10-15(14)17(23-27-6)18(24)19-3/h3-12H,13H2,1-2H3;7-10H,11H2,1-6H3,(H,19,24)/b;20-12+,21-13+,22-16+,23-17+. The summed E-state index contributed by atoms with van der Waals surface area (Å²) in [6.45, 7) is 3.69. The van der Waals surface area contributed by atoms with Gasteiger partial charge in [-0.25, -0.2) is 9.48 Å². The van der Waals surface area contributed by atoms with Crippen LogP contribution >= 0.6 is 11.6 Å². The zero-order valence-corrected chi connectivity index (χ0v) is 32.4. The third-order valence-electron chi connectivity index (χ3n) is 7.18. The fraction of sp³-hybridized carbons (Fsp3) is 0.270. The smallest absolute Gasteiger partial charge is 0.438 e. The third-order valence-corrected chi connectivity index (χ3v) is 7.43. The van der Waals surface area contributed by atoms with E-state index in [-0.39, 0.29) is 24.8 Å². The molecule has 4 rings (SSSR count). The van der Waals surface area contributed by atoms with Crippen LogP contribution in [0.1, 0.15) is 30.5 Å². The number of benzene rings is 3. The molecule has 0 bridgehead atoms. The minimum atomic E-state index is -0.628. The second-order valence-corrected chi connectivity index (χ2v) is 11.2. The minimum absolute atomic E-state index is 0.0912. The average molecular weight is 779 g/mol. The quantitative estimate of drug-likeness (QED) is 0.106. The fourth-order valence-electron chi connectivity index (χ4n) is 4.67. The third kappa shape index (κ3) is 12.6. The molecule has 2 amide bonds. The van der Waals surface area contributed by atoms with Crippen LogP contribution in [0.15, 0.2) is 106 Å². The lowest BCUT2D eigenvalue weighted by Crippen LogP contribution is -2.30. The van der Waals surface area contributed by atoms with Gasteiger partial charge in [0.05, 0.1) is 25.6 Å². The number of aromatic nitrogens is 2. The summed E-state index contributed by atoms with van der Waals surface area (Å²) < 4.78 is 12.2. The van der Waals surface area contributed by atoms with E-state index in [1.807, 2.05) is 30.3 Å². The van der Waals surface area contributed by atoms with Crippen molar-refractivity contribution in [1.82, 2.24) is 15.1 Å². The first kappa shape index (κ1) is 42.9. The summed E-state index contributed by atoms with van der Waals surface area (Å²) >= 11 is 5.91. The Morgan fingerprint density at radius 1 is 0.782 bits per heavy atom. The van der Waals surface area contributed by atoms with Gasteiger partial charge in [-0.2, -0.15) is 5.06 Å². The number of hydroxylamine groups is 1. The van der Waals surface area contributed by atoms with Gasteiger partial charge >= 0.3 is 6.09 Å². The molecule has 17 nitrogen and oxygen atoms in total. The zero-order valence-electron chi connectivity index (χ0n) is 31.7. The molecule has 18 heteroatoms. The molecule has 292 valence electrons. The van der Waals surface area contributed by atoms with Crippen LogP contribution in [0.4, 0.5) is 10.5 Å². The number of hydrogen-bond donors (Lipinski definition) is 1. The first-order valence-corrected chi connectivity index (χ1v) is 16.7. The summed E-state index contributed by atoms with van der Waals surface area (Å²) in [5, 5.41) is 24.2. The van der Waals surface area contributed by atoms with E-state index < -0.39 is 6.09 Å². The van der Waals surface area contributed by atoms with E-state index in [0.717, 1.165) is 16.3 Å². The lowest BCUT2D eigenvalue weighted by Gasteiger charge is -2.20. The van der Waals surface area contributed by atoms with E-state index in [1.54, 1.807) is 73.3 Å². The second-order valence-electron chi connectivity index (χ2n) is 10.7. The van der Waals surface area contributed by atoms with Crippen LogP contribution < -0.4 is 15.1 Å². The van der Waals surface area contributed by atoms with Gasteiger partial charge in [0.15, 0.2) is 11.4 Å². The van der Waals surface area contributed by atoms with E-state index in [4.69, 9.17) is 45.3 Å². The second kappa shape index (κ2) is 22.6. The van der Waals surface area contributed by atoms with Crippen LogP contribution in [0, 0.1) is 0 Å². The molecule has 0 saturated carbocycles. The molecule has 3 aromatic carbocycles. The molecule has 0 fully saturated rings. The van der Waals surface area contributed by atoms with Crippen molar-refractivity contribution in [3.8, 4) is 11.6 Å². The summed E-state index contributed by atoms with van der Waals surface area (Å²) in [5.41, 5.74) is 4.84. The van der Waals surface area contributed by atoms with Gasteiger partial charge in [0.2, 0.25) is 5.88 Å². The molecule has 4 aromatic rings. The van der Waals surface area contributed by atoms with Gasteiger partial charge < -0.3 is 34.1 Å². The number of rotatable bonds is 16. The van der Waals surface area contributed by atoms with Crippen LogP contribution in [0.2, 0.25) is 5.02 Å². The lowest BCUT2D eigenvalue weighted by molar-refractivity contribution is -0.114. The maximum atomic E-state index is 12.1. The molecule has 55 heavy (non-hydrogen) atoms. The molecule has 1 N–H and O–H groups in total. The van der Waals surface area contributed by atoms with Gasteiger partial charge in [-0.15, -0.1) is 5.10 Å². The molecule has 1 heterocycles. The Morgan fingerprint density at radius 2 is 1.42 bits per heavy atom. The van der Waals surface area contributed by atoms with Crippen LogP contribution in [-0.4, -0.2) is 87.2 Å². The van der Waals surface area contributed by atoms with Gasteiger partial charge in [0.1, 0.15) is 46.0 Å². The Kier molecular flexibility index (Phi) is 17.6. The molecule has 1 aromatic heterocycles. The zero-order chi connectivity index (χ0) is 40.2. The summed E-state index contributed by atoms with van der Waals surface area (Å²) in [4.78, 5) is 48.9. The van der Waals surface area contributed by atoms with Crippen molar-refractivity contribution < 1.29 is 43.3 Å². The molecule has 0 unspecified atom stereocenters. The number of carbonyl (C=O) groups is 2. The molecule has 0 saturated heterocycles. The number of nitrogens with zero attached hydrogens (tertiary/aromatic N) is 7. The van der Waals surface area contributed by atoms with E-state index in [0.29, 0.717) is 44.9 Å². The number of carbonyl (C=O) groups excluding carboxylic acids is 2. The fourth-order valence-corrected chi connectivity index (χ4v) is 4.79. The number of oxime groups is 4. The Morgan fingerprint density at radius 3 is 2.05 bits per heavy atom. The van der Waals surface area contributed by atoms with Crippen molar-refractivity contribution in [1.29, 1.82) is 0 Å². The Hall–Kier alpha value is -6.46. The van der Waals surface area contributed by atoms with E-state index in [2.05, 4.69) is 31.0 Å². The van der Waals surface area contributed by atoms with Crippen LogP contribution in [0.5, 0.6) is 5.88 Å². The number of halogens is 1. The van der Waals surface area contributed by atoms with Crippen molar-refractivity contribution in [2.24, 2.45) is 20.6 Å². The molecular formula is C37H43ClN8O9. The molecule has 0 aliphatic rings. The van der Waals surface area contributed by atoms with Gasteiger partial charge in [-0.3, -0.25) is 9.63 Å². The first-order chi connectivity index (χ1) is 26.6. The van der Waals surface area contributed by atoms with Crippen LogP contribution in [0.25, 0.3) is 5.69 Å². The number of hydrogen-bond acceptors (Lipinski definition) is 14. The first-order valence-electron chi connectivity index (χ1n) is 16.3. The van der Waals surface area contributed by atoms with Crippen molar-refractivity contribution in [2.45, 2.75) is 27.1 Å². The van der Waals surface area contributed by atoms with E-state index in [9.17, 15) is 9.59 Å². The normalized spacial score (nSPS) is 11.8. The maximum absolute atomic E-state index is 12.1. The predicted molar refractivity (Wildman–Crippen MR) is 208 cm³/mol. The molecule has 0 radical (unpaired) electrons. The Bertz CT molecular complexity index is 1980. The van der Waals surface area contributed by atoms with Crippen molar-refractivity contribution in [3.63, 3.8) is 0 Å². The maximum Gasteiger partial charge on any atom is 0.438 e. The Balaban J connectivity index is 0.000000295. The highest BCUT2D eigenvalue weighted by atomic mass is 35.5. The average Bonchev–Trinajstić information content (AvgIpc) is 3.68. The molecule has 0 spiro atoms. The number of amides is 2. The minimum Gasteiger partial charge on any atom is -0.472 e. The summed E-state index contributed by atoms with van der Waals surface area (Å²) in [6, 6.07) is 23.4. The number of anilines is 1. The highest BCUT2D eigenvalue weighted by molar-refractivity contribution is 6.67. The molecular weight excluding hydrogens is 736 g/mol. The molecule has 0 aliphatic carbocycles. The lowest BCUT2D eigenvalue weighted by atomic mass is 10.0. The largest absolute Gasteiger partial charge is 0.472 e. The summed E-state index contributed by atoms with van der Waals surface area (Å²) in [5.74, 6) is 0.0664. The van der Waals surface area contributed by atoms with Crippen molar-refractivity contribution in [2.75, 3.05) is 47.7 Å². The van der Waals surface area contributed by atoms with Gasteiger partial charge in [-0.05, 0) is 44.2 Å². The van der Waals surface area contributed by atoms with Crippen LogP contribution in [-0.2, 0) is 46.9 Å². The molecule has 0 atom stereocenters. The predicted octanol–water partition coefficient (Wildman–Crippen LogP) is 5.94. The molecule has 0 aliphatic heterocycles. The van der Waals surface area contributed by atoms with Crippen molar-refractivity contribution in [3.05, 3.63) is 107 Å². The van der Waals surface area contributed by atoms with Gasteiger partial charge in [0, 0.05) is 41.0 Å². The van der Waals surface area contributed by atoms with E-state index >= 15 is 0 Å². The van der Waals surface area contributed by atoms with Crippen molar-refractivity contribution >= 4 is 52.1 Å². The Labute approximate surface area is 323 Å². The monoisotopic (exact) mass is 778 g/mol. The van der Waals surface area contributed by atoms with Gasteiger partial charge in [0.25, 0.3) is 5.91 Å². The summed E-state index contributed by atoms with van der Waals surface area (Å²) in [6.07, 6.45) is 1.16. The van der Waals surface area contributed by atoms with E-state index in [1.165, 1.54) is 42.6 Å². The highest BCUT2D eigenvalue weighted by Crippen LogP contribution is 2.23. The topological polar surface area (TPSA) is 181 Å². The SMILES string of the molecule is CNC(=O)/C(=N/OC)c1ccccc1CO/N=C(C)/C(=N/OC)C(/C)=N/OC.COC(=O)N(OC)c1ccccc1COc1ccn(-c2ccc(Cl)cc2)n1. The van der Waals surface area contributed by atoms with Crippen LogP contribution in [0.3, 0.4) is 0 Å². The number of likely N-dealkylation sites (N-methyl/N-ethyl adjacent to an activating group) is 1. The number of ether oxygens (including phenoxy) is 2.